The standard InChI is InChI=1S/C15H16N2O4/c1-10-16-13(15(20)17(2)9-8-12(18)19)14(21-10)11-6-4-3-5-7-11/h3-7H,8-9H2,1-2H3,(H,18,19). The molecule has 0 unspecified atom stereocenters. The minimum Gasteiger partial charge on any atom is -0.481 e. The Morgan fingerprint density at radius 1 is 1.29 bits per heavy atom. The van der Waals surface area contributed by atoms with Crippen molar-refractivity contribution in [1.82, 2.24) is 9.88 Å². The zero-order valence-corrected chi connectivity index (χ0v) is 11.9. The van der Waals surface area contributed by atoms with Gasteiger partial charge in [0, 0.05) is 26.1 Å². The number of hydrogen-bond acceptors (Lipinski definition) is 4. The first kappa shape index (κ1) is 14.8. The van der Waals surface area contributed by atoms with Crippen molar-refractivity contribution < 1.29 is 19.1 Å². The number of carbonyl (C=O) groups is 2. The summed E-state index contributed by atoms with van der Waals surface area (Å²) < 4.78 is 5.52. The van der Waals surface area contributed by atoms with E-state index >= 15 is 0 Å². The number of amides is 1. The van der Waals surface area contributed by atoms with Gasteiger partial charge in [-0.05, 0) is 0 Å². The summed E-state index contributed by atoms with van der Waals surface area (Å²) in [6.45, 7) is 1.79. The fourth-order valence-electron chi connectivity index (χ4n) is 1.90. The van der Waals surface area contributed by atoms with E-state index in [-0.39, 0.29) is 24.6 Å². The minimum absolute atomic E-state index is 0.111. The average Bonchev–Trinajstić information content (AvgIpc) is 2.86. The van der Waals surface area contributed by atoms with Gasteiger partial charge in [0.15, 0.2) is 17.3 Å². The summed E-state index contributed by atoms with van der Waals surface area (Å²) in [5.74, 6) is -0.509. The van der Waals surface area contributed by atoms with Crippen molar-refractivity contribution in [3.63, 3.8) is 0 Å². The molecule has 0 saturated carbocycles. The van der Waals surface area contributed by atoms with E-state index in [2.05, 4.69) is 4.98 Å². The second kappa shape index (κ2) is 6.21. The Hall–Kier alpha value is -2.63. The van der Waals surface area contributed by atoms with Crippen LogP contribution in [-0.4, -0.2) is 40.5 Å². The Bertz CT molecular complexity index is 649. The summed E-state index contributed by atoms with van der Waals surface area (Å²) in [5, 5.41) is 8.68. The summed E-state index contributed by atoms with van der Waals surface area (Å²) in [6, 6.07) is 9.21. The Morgan fingerprint density at radius 2 is 1.95 bits per heavy atom. The molecule has 2 rings (SSSR count). The number of nitrogens with zero attached hydrogens (tertiary/aromatic N) is 2. The molecule has 2 aromatic rings. The Kier molecular flexibility index (Phi) is 4.37. The van der Waals surface area contributed by atoms with E-state index in [1.807, 2.05) is 30.3 Å². The molecule has 1 aromatic heterocycles. The molecule has 0 aliphatic heterocycles. The summed E-state index contributed by atoms with van der Waals surface area (Å²) in [7, 11) is 1.55. The SMILES string of the molecule is Cc1nc(C(=O)N(C)CCC(=O)O)c(-c2ccccc2)o1. The minimum atomic E-state index is -0.950. The van der Waals surface area contributed by atoms with E-state index in [0.29, 0.717) is 11.7 Å². The molecule has 0 saturated heterocycles. The number of aryl methyl sites for hydroxylation is 1. The molecular weight excluding hydrogens is 272 g/mol. The van der Waals surface area contributed by atoms with Crippen molar-refractivity contribution in [2.75, 3.05) is 13.6 Å². The van der Waals surface area contributed by atoms with Crippen LogP contribution in [0.1, 0.15) is 22.8 Å². The molecule has 0 atom stereocenters. The highest BCUT2D eigenvalue weighted by atomic mass is 16.4. The van der Waals surface area contributed by atoms with Crippen LogP contribution in [0.15, 0.2) is 34.7 Å². The van der Waals surface area contributed by atoms with Crippen LogP contribution in [0.2, 0.25) is 0 Å². The van der Waals surface area contributed by atoms with Crippen LogP contribution >= 0.6 is 0 Å². The first-order valence-electron chi connectivity index (χ1n) is 6.49. The Labute approximate surface area is 122 Å². The topological polar surface area (TPSA) is 83.6 Å². The van der Waals surface area contributed by atoms with Gasteiger partial charge in [-0.3, -0.25) is 9.59 Å². The van der Waals surface area contributed by atoms with Gasteiger partial charge in [0.05, 0.1) is 6.42 Å². The second-order valence-corrected chi connectivity index (χ2v) is 4.65. The number of oxazole rings is 1. The van der Waals surface area contributed by atoms with Crippen LogP contribution in [0, 0.1) is 6.92 Å². The molecule has 6 nitrogen and oxygen atoms in total. The van der Waals surface area contributed by atoms with Crippen LogP contribution in [0.5, 0.6) is 0 Å². The van der Waals surface area contributed by atoms with Gasteiger partial charge in [0.2, 0.25) is 0 Å². The molecule has 0 aliphatic rings. The molecule has 0 fully saturated rings. The van der Waals surface area contributed by atoms with Gasteiger partial charge >= 0.3 is 5.97 Å². The molecule has 0 bridgehead atoms. The quantitative estimate of drug-likeness (QED) is 0.911. The van der Waals surface area contributed by atoms with Crippen molar-refractivity contribution in [3.05, 3.63) is 41.9 Å². The monoisotopic (exact) mass is 288 g/mol. The van der Waals surface area contributed by atoms with E-state index in [9.17, 15) is 9.59 Å². The third-order valence-corrected chi connectivity index (χ3v) is 2.98. The van der Waals surface area contributed by atoms with Gasteiger partial charge in [0.25, 0.3) is 5.91 Å². The smallest absolute Gasteiger partial charge is 0.305 e. The van der Waals surface area contributed by atoms with Gasteiger partial charge in [-0.15, -0.1) is 0 Å². The number of hydrogen-bond donors (Lipinski definition) is 1. The van der Waals surface area contributed by atoms with Gasteiger partial charge in [-0.25, -0.2) is 4.98 Å². The summed E-state index contributed by atoms with van der Waals surface area (Å²) >= 11 is 0. The first-order chi connectivity index (χ1) is 9.99. The first-order valence-corrected chi connectivity index (χ1v) is 6.49. The fraction of sp³-hybridized carbons (Fsp3) is 0.267. The summed E-state index contributed by atoms with van der Waals surface area (Å²) in [5.41, 5.74) is 0.958. The number of aromatic nitrogens is 1. The van der Waals surface area contributed by atoms with E-state index in [0.717, 1.165) is 5.56 Å². The molecular formula is C15H16N2O4. The van der Waals surface area contributed by atoms with Crippen LogP contribution in [0.3, 0.4) is 0 Å². The molecule has 1 aromatic carbocycles. The summed E-state index contributed by atoms with van der Waals surface area (Å²) in [6.07, 6.45) is -0.111. The van der Waals surface area contributed by atoms with E-state index < -0.39 is 5.97 Å². The van der Waals surface area contributed by atoms with Crippen molar-refractivity contribution in [3.8, 4) is 11.3 Å². The molecule has 0 radical (unpaired) electrons. The highest BCUT2D eigenvalue weighted by Crippen LogP contribution is 2.25. The largest absolute Gasteiger partial charge is 0.481 e. The Morgan fingerprint density at radius 3 is 2.57 bits per heavy atom. The molecule has 1 heterocycles. The van der Waals surface area contributed by atoms with Crippen LogP contribution < -0.4 is 0 Å². The highest BCUT2D eigenvalue weighted by molar-refractivity contribution is 5.97. The van der Waals surface area contributed by atoms with Gasteiger partial charge in [-0.1, -0.05) is 30.3 Å². The van der Waals surface area contributed by atoms with E-state index in [4.69, 9.17) is 9.52 Å². The van der Waals surface area contributed by atoms with Crippen molar-refractivity contribution in [2.24, 2.45) is 0 Å². The molecule has 1 amide bonds. The van der Waals surface area contributed by atoms with Gasteiger partial charge in [-0.2, -0.15) is 0 Å². The lowest BCUT2D eigenvalue weighted by Gasteiger charge is -2.14. The molecule has 21 heavy (non-hydrogen) atoms. The zero-order chi connectivity index (χ0) is 15.4. The number of rotatable bonds is 5. The normalized spacial score (nSPS) is 10.4. The number of benzene rings is 1. The highest BCUT2D eigenvalue weighted by Gasteiger charge is 2.23. The molecule has 6 heteroatoms. The zero-order valence-electron chi connectivity index (χ0n) is 11.9. The second-order valence-electron chi connectivity index (χ2n) is 4.65. The maximum atomic E-state index is 12.4. The number of carbonyl (C=O) groups excluding carboxylic acids is 1. The molecule has 0 spiro atoms. The van der Waals surface area contributed by atoms with Crippen molar-refractivity contribution in [2.45, 2.75) is 13.3 Å². The number of carboxylic acid groups (broad SMARTS) is 1. The molecule has 110 valence electrons. The van der Waals surface area contributed by atoms with Crippen LogP contribution in [-0.2, 0) is 4.79 Å². The lowest BCUT2D eigenvalue weighted by atomic mass is 10.1. The number of aliphatic carboxylic acids is 1. The third kappa shape index (κ3) is 3.47. The average molecular weight is 288 g/mol. The maximum absolute atomic E-state index is 12.4. The lowest BCUT2D eigenvalue weighted by molar-refractivity contribution is -0.137. The summed E-state index contributed by atoms with van der Waals surface area (Å²) in [4.78, 5) is 28.4. The fourth-order valence-corrected chi connectivity index (χ4v) is 1.90. The predicted molar refractivity (Wildman–Crippen MR) is 75.9 cm³/mol. The van der Waals surface area contributed by atoms with E-state index in [1.165, 1.54) is 4.90 Å². The van der Waals surface area contributed by atoms with Crippen molar-refractivity contribution in [1.29, 1.82) is 0 Å². The molecule has 0 aliphatic carbocycles. The van der Waals surface area contributed by atoms with E-state index in [1.54, 1.807) is 14.0 Å². The van der Waals surface area contributed by atoms with Crippen LogP contribution in [0.25, 0.3) is 11.3 Å². The van der Waals surface area contributed by atoms with Gasteiger partial charge in [0.1, 0.15) is 0 Å². The third-order valence-electron chi connectivity index (χ3n) is 2.98. The van der Waals surface area contributed by atoms with Crippen LogP contribution in [0.4, 0.5) is 0 Å². The number of carboxylic acids is 1. The lowest BCUT2D eigenvalue weighted by Crippen LogP contribution is -2.29. The Balaban J connectivity index is 2.28. The molecule has 1 N–H and O–H groups in total. The maximum Gasteiger partial charge on any atom is 0.305 e. The van der Waals surface area contributed by atoms with Crippen molar-refractivity contribution >= 4 is 11.9 Å². The predicted octanol–water partition coefficient (Wildman–Crippen LogP) is 2.20. The van der Waals surface area contributed by atoms with Gasteiger partial charge < -0.3 is 14.4 Å².